The summed E-state index contributed by atoms with van der Waals surface area (Å²) in [5.74, 6) is 0. The van der Waals surface area contributed by atoms with Gasteiger partial charge in [0.15, 0.2) is 0 Å². The van der Waals surface area contributed by atoms with Crippen LogP contribution in [-0.4, -0.2) is 0 Å². The van der Waals surface area contributed by atoms with E-state index in [4.69, 9.17) is 11.6 Å². The lowest BCUT2D eigenvalue weighted by atomic mass is 10.1. The van der Waals surface area contributed by atoms with Crippen LogP contribution >= 0.6 is 34.3 Å². The Morgan fingerprint density at radius 1 is 1.26 bits per heavy atom. The highest BCUT2D eigenvalue weighted by molar-refractivity contribution is 7.17. The molecule has 0 amide bonds. The van der Waals surface area contributed by atoms with E-state index in [9.17, 15) is 5.26 Å². The molecule has 0 aliphatic carbocycles. The number of halogens is 1. The highest BCUT2D eigenvalue weighted by atomic mass is 35.5. The highest BCUT2D eigenvalue weighted by Gasteiger charge is 2.09. The Balaban J connectivity index is 2.17. The fourth-order valence-corrected chi connectivity index (χ4v) is 3.67. The Labute approximate surface area is 124 Å². The second-order valence-corrected chi connectivity index (χ2v) is 6.30. The van der Waals surface area contributed by atoms with Gasteiger partial charge in [0.1, 0.15) is 0 Å². The van der Waals surface area contributed by atoms with Crippen LogP contribution in [0.1, 0.15) is 10.4 Å². The van der Waals surface area contributed by atoms with Gasteiger partial charge in [0.2, 0.25) is 0 Å². The van der Waals surface area contributed by atoms with Crippen molar-refractivity contribution in [2.45, 2.75) is 0 Å². The van der Waals surface area contributed by atoms with Gasteiger partial charge in [0.05, 0.1) is 11.6 Å². The van der Waals surface area contributed by atoms with E-state index in [1.807, 2.05) is 47.2 Å². The van der Waals surface area contributed by atoms with Gasteiger partial charge in [0.25, 0.3) is 0 Å². The zero-order chi connectivity index (χ0) is 13.2. The lowest BCUT2D eigenvalue weighted by Gasteiger charge is -1.98. The van der Waals surface area contributed by atoms with Crippen molar-refractivity contribution < 1.29 is 0 Å². The van der Waals surface area contributed by atoms with Crippen LogP contribution in [0.15, 0.2) is 41.1 Å². The van der Waals surface area contributed by atoms with Crippen LogP contribution in [0.3, 0.4) is 0 Å². The van der Waals surface area contributed by atoms with Crippen LogP contribution in [0, 0.1) is 11.3 Å². The van der Waals surface area contributed by atoms with Crippen molar-refractivity contribution in [1.29, 1.82) is 5.26 Å². The molecule has 92 valence electrons. The molecule has 0 radical (unpaired) electrons. The van der Waals surface area contributed by atoms with E-state index < -0.39 is 0 Å². The third-order valence-corrected chi connectivity index (χ3v) is 4.79. The third kappa shape index (κ3) is 2.43. The molecule has 4 heteroatoms. The average molecular weight is 302 g/mol. The summed E-state index contributed by atoms with van der Waals surface area (Å²) in [6, 6.07) is 12.1. The number of hydrogen-bond donors (Lipinski definition) is 0. The largest absolute Gasteiger partial charge is 0.192 e. The predicted molar refractivity (Wildman–Crippen MR) is 84.6 cm³/mol. The standard InChI is InChI=1S/C15H8ClNS2/c16-11-3-4-15-13(7-11)14(9-19-15)10(8-17)6-12-2-1-5-18-12/h1-7,9H. The van der Waals surface area contributed by atoms with Gasteiger partial charge in [-0.15, -0.1) is 22.7 Å². The molecular weight excluding hydrogens is 294 g/mol. The van der Waals surface area contributed by atoms with E-state index in [1.54, 1.807) is 22.7 Å². The zero-order valence-electron chi connectivity index (χ0n) is 9.76. The highest BCUT2D eigenvalue weighted by Crippen LogP contribution is 2.33. The first-order valence-corrected chi connectivity index (χ1v) is 7.74. The quantitative estimate of drug-likeness (QED) is 0.559. The molecule has 0 bridgehead atoms. The first-order chi connectivity index (χ1) is 9.28. The molecule has 1 aromatic carbocycles. The van der Waals surface area contributed by atoms with Gasteiger partial charge < -0.3 is 0 Å². The summed E-state index contributed by atoms with van der Waals surface area (Å²) < 4.78 is 1.15. The number of nitriles is 1. The van der Waals surface area contributed by atoms with E-state index >= 15 is 0 Å². The Morgan fingerprint density at radius 2 is 2.16 bits per heavy atom. The van der Waals surface area contributed by atoms with Crippen LogP contribution in [-0.2, 0) is 0 Å². The molecule has 0 unspecified atom stereocenters. The Bertz CT molecular complexity index is 791. The van der Waals surface area contributed by atoms with Crippen LogP contribution in [0.5, 0.6) is 0 Å². The molecule has 0 aliphatic heterocycles. The van der Waals surface area contributed by atoms with E-state index in [2.05, 4.69) is 6.07 Å². The van der Waals surface area contributed by atoms with E-state index in [0.29, 0.717) is 10.6 Å². The number of thiophene rings is 2. The summed E-state index contributed by atoms with van der Waals surface area (Å²) in [5.41, 5.74) is 1.63. The minimum absolute atomic E-state index is 0.677. The smallest absolute Gasteiger partial charge is 0.0999 e. The van der Waals surface area contributed by atoms with Gasteiger partial charge in [-0.25, -0.2) is 0 Å². The average Bonchev–Trinajstić information content (AvgIpc) is 3.04. The summed E-state index contributed by atoms with van der Waals surface area (Å²) in [5, 5.41) is 15.1. The molecule has 0 N–H and O–H groups in total. The van der Waals surface area contributed by atoms with Crippen molar-refractivity contribution in [3.8, 4) is 6.07 Å². The lowest BCUT2D eigenvalue weighted by Crippen LogP contribution is -1.78. The topological polar surface area (TPSA) is 23.8 Å². The molecule has 1 nitrogen and oxygen atoms in total. The summed E-state index contributed by atoms with van der Waals surface area (Å²) in [6.07, 6.45) is 1.92. The van der Waals surface area contributed by atoms with Crippen molar-refractivity contribution in [2.75, 3.05) is 0 Å². The molecule has 0 fully saturated rings. The molecular formula is C15H8ClNS2. The first-order valence-electron chi connectivity index (χ1n) is 5.60. The van der Waals surface area contributed by atoms with Gasteiger partial charge in [-0.1, -0.05) is 17.7 Å². The van der Waals surface area contributed by atoms with Gasteiger partial charge in [-0.05, 0) is 35.7 Å². The monoisotopic (exact) mass is 301 g/mol. The van der Waals surface area contributed by atoms with Crippen molar-refractivity contribution in [3.63, 3.8) is 0 Å². The van der Waals surface area contributed by atoms with Crippen molar-refractivity contribution >= 4 is 56.0 Å². The number of benzene rings is 1. The number of allylic oxidation sites excluding steroid dienone is 1. The molecule has 3 rings (SSSR count). The summed E-state index contributed by atoms with van der Waals surface area (Å²) in [4.78, 5) is 1.08. The maximum atomic E-state index is 9.38. The fraction of sp³-hybridized carbons (Fsp3) is 0. The van der Waals surface area contributed by atoms with Crippen LogP contribution < -0.4 is 0 Å². The molecule has 0 saturated heterocycles. The maximum absolute atomic E-state index is 9.38. The number of rotatable bonds is 2. The van der Waals surface area contributed by atoms with Crippen molar-refractivity contribution in [3.05, 3.63) is 56.6 Å². The molecule has 0 saturated carbocycles. The Hall–Kier alpha value is -1.60. The van der Waals surface area contributed by atoms with E-state index in [1.165, 1.54) is 0 Å². The summed E-state index contributed by atoms with van der Waals surface area (Å²) >= 11 is 9.30. The first kappa shape index (κ1) is 12.4. The maximum Gasteiger partial charge on any atom is 0.0999 e. The van der Waals surface area contributed by atoms with Crippen LogP contribution in [0.4, 0.5) is 0 Å². The molecule has 2 heterocycles. The van der Waals surface area contributed by atoms with E-state index in [0.717, 1.165) is 20.5 Å². The SMILES string of the molecule is N#CC(=Cc1cccs1)c1csc2ccc(Cl)cc12. The van der Waals surface area contributed by atoms with Crippen LogP contribution in [0.2, 0.25) is 5.02 Å². The molecule has 19 heavy (non-hydrogen) atoms. The Morgan fingerprint density at radius 3 is 2.89 bits per heavy atom. The molecule has 0 spiro atoms. The molecule has 2 aromatic heterocycles. The number of nitrogens with zero attached hydrogens (tertiary/aromatic N) is 1. The van der Waals surface area contributed by atoms with Gasteiger partial charge in [-0.3, -0.25) is 0 Å². The lowest BCUT2D eigenvalue weighted by molar-refractivity contribution is 1.54. The van der Waals surface area contributed by atoms with Gasteiger partial charge in [-0.2, -0.15) is 5.26 Å². The zero-order valence-corrected chi connectivity index (χ0v) is 12.1. The van der Waals surface area contributed by atoms with Crippen LogP contribution in [0.25, 0.3) is 21.7 Å². The summed E-state index contributed by atoms with van der Waals surface area (Å²) in [7, 11) is 0. The molecule has 3 aromatic rings. The predicted octanol–water partition coefficient (Wildman–Crippen LogP) is 5.68. The normalized spacial score (nSPS) is 11.7. The molecule has 0 aliphatic rings. The minimum atomic E-state index is 0.677. The van der Waals surface area contributed by atoms with Crippen molar-refractivity contribution in [1.82, 2.24) is 0 Å². The Kier molecular flexibility index (Phi) is 3.39. The minimum Gasteiger partial charge on any atom is -0.192 e. The second-order valence-electron chi connectivity index (χ2n) is 3.98. The van der Waals surface area contributed by atoms with Crippen molar-refractivity contribution in [2.24, 2.45) is 0 Å². The third-order valence-electron chi connectivity index (χ3n) is 2.78. The van der Waals surface area contributed by atoms with Gasteiger partial charge in [0, 0.05) is 30.9 Å². The van der Waals surface area contributed by atoms with E-state index in [-0.39, 0.29) is 0 Å². The summed E-state index contributed by atoms with van der Waals surface area (Å²) in [6.45, 7) is 0. The van der Waals surface area contributed by atoms with Gasteiger partial charge >= 0.3 is 0 Å². The number of fused-ring (bicyclic) bond motifs is 1. The molecule has 0 atom stereocenters. The second kappa shape index (κ2) is 5.18. The number of hydrogen-bond acceptors (Lipinski definition) is 3. The fourth-order valence-electron chi connectivity index (χ4n) is 1.90.